The number of rotatable bonds is 7. The van der Waals surface area contributed by atoms with Crippen LogP contribution in [0.1, 0.15) is 51.2 Å². The maximum atomic E-state index is 6.50. The summed E-state index contributed by atoms with van der Waals surface area (Å²) < 4.78 is 12.6. The fourth-order valence-corrected chi connectivity index (χ4v) is 4.73. The molecule has 2 aromatic carbocycles. The summed E-state index contributed by atoms with van der Waals surface area (Å²) in [5.41, 5.74) is 2.59. The van der Waals surface area contributed by atoms with Crippen LogP contribution in [0.2, 0.25) is 0 Å². The third-order valence-corrected chi connectivity index (χ3v) is 6.66. The molecule has 2 aromatic rings. The second kappa shape index (κ2) is 9.90. The second-order valence-corrected chi connectivity index (χ2v) is 9.32. The topological polar surface area (TPSA) is 18.5 Å². The zero-order chi connectivity index (χ0) is 20.9. The van der Waals surface area contributed by atoms with Gasteiger partial charge in [0.05, 0.1) is 0 Å². The van der Waals surface area contributed by atoms with Gasteiger partial charge in [0.15, 0.2) is 0 Å². The average molecular weight is 429 g/mol. The molecule has 3 atom stereocenters. The van der Waals surface area contributed by atoms with E-state index in [2.05, 4.69) is 73.0 Å². The van der Waals surface area contributed by atoms with Crippen LogP contribution in [0.25, 0.3) is 6.08 Å². The molecule has 1 saturated carbocycles. The molecule has 154 valence electrons. The van der Waals surface area contributed by atoms with Crippen LogP contribution < -0.4 is 4.74 Å². The van der Waals surface area contributed by atoms with E-state index >= 15 is 0 Å². The van der Waals surface area contributed by atoms with Crippen molar-refractivity contribution in [1.82, 2.24) is 0 Å². The Labute approximate surface area is 183 Å². The van der Waals surface area contributed by atoms with E-state index in [-0.39, 0.29) is 11.5 Å². The van der Waals surface area contributed by atoms with Crippen molar-refractivity contribution in [3.05, 3.63) is 71.8 Å². The van der Waals surface area contributed by atoms with Gasteiger partial charge in [-0.25, -0.2) is 0 Å². The van der Waals surface area contributed by atoms with Crippen LogP contribution in [0, 0.1) is 11.8 Å². The summed E-state index contributed by atoms with van der Waals surface area (Å²) >= 11 is 3.13. The molecule has 0 unspecified atom stereocenters. The zero-order valence-corrected chi connectivity index (χ0v) is 19.2. The minimum absolute atomic E-state index is 0.0754. The van der Waals surface area contributed by atoms with Gasteiger partial charge in [0.1, 0.15) is 0 Å². The van der Waals surface area contributed by atoms with Gasteiger partial charge in [-0.1, -0.05) is 0 Å². The molecule has 2 nitrogen and oxygen atoms in total. The fourth-order valence-electron chi connectivity index (χ4n) is 4.43. The van der Waals surface area contributed by atoms with E-state index < -0.39 is 0 Å². The van der Waals surface area contributed by atoms with Gasteiger partial charge in [-0.05, 0) is 0 Å². The van der Waals surface area contributed by atoms with E-state index in [0.717, 1.165) is 22.3 Å². The summed E-state index contributed by atoms with van der Waals surface area (Å²) in [7, 11) is 1.68. The molecule has 3 heteroatoms. The van der Waals surface area contributed by atoms with Gasteiger partial charge in [0, 0.05) is 0 Å². The summed E-state index contributed by atoms with van der Waals surface area (Å²) in [5.74, 6) is 2.05. The second-order valence-electron chi connectivity index (χ2n) is 8.69. The van der Waals surface area contributed by atoms with Gasteiger partial charge >= 0.3 is 184 Å². The van der Waals surface area contributed by atoms with Crippen LogP contribution in [0.5, 0.6) is 5.75 Å². The Bertz CT molecular complexity index is 824. The maximum absolute atomic E-state index is 6.50. The molecule has 0 amide bonds. The van der Waals surface area contributed by atoms with Gasteiger partial charge in [-0.15, -0.1) is 0 Å². The molecule has 3 rings (SSSR count). The monoisotopic (exact) mass is 428 g/mol. The van der Waals surface area contributed by atoms with E-state index in [9.17, 15) is 0 Å². The fraction of sp³-hybridized carbons (Fsp3) is 0.423. The van der Waals surface area contributed by atoms with Crippen LogP contribution in [0.4, 0.5) is 0 Å². The van der Waals surface area contributed by atoms with Crippen molar-refractivity contribution in [3.63, 3.8) is 0 Å². The Kier molecular flexibility index (Phi) is 7.52. The molecule has 0 radical (unpaired) electrons. The van der Waals surface area contributed by atoms with Crippen LogP contribution in [-0.4, -0.2) is 17.8 Å². The van der Waals surface area contributed by atoms with Crippen LogP contribution >= 0.6 is 0 Å². The summed E-state index contributed by atoms with van der Waals surface area (Å²) in [4.78, 5) is 0. The predicted octanol–water partition coefficient (Wildman–Crippen LogP) is 6.18. The molecule has 1 fully saturated rings. The molecule has 29 heavy (non-hydrogen) atoms. The van der Waals surface area contributed by atoms with Crippen molar-refractivity contribution in [3.8, 4) is 5.75 Å². The van der Waals surface area contributed by atoms with Crippen LogP contribution in [-0.2, 0) is 26.0 Å². The molecule has 0 spiro atoms. The first-order valence-electron chi connectivity index (χ1n) is 10.5. The number of benzene rings is 2. The molecule has 0 aromatic heterocycles. The van der Waals surface area contributed by atoms with Crippen molar-refractivity contribution in [2.75, 3.05) is 7.11 Å². The molecular weight excluding hydrogens is 396 g/mol. The van der Waals surface area contributed by atoms with Gasteiger partial charge < -0.3 is 0 Å². The third-order valence-electron chi connectivity index (χ3n) is 6.29. The van der Waals surface area contributed by atoms with E-state index in [1.165, 1.54) is 18.4 Å². The van der Waals surface area contributed by atoms with E-state index in [1.807, 2.05) is 30.3 Å². The van der Waals surface area contributed by atoms with Crippen LogP contribution in [0.3, 0.4) is 0 Å². The number of methoxy groups -OCH3 is 1. The average Bonchev–Trinajstić information content (AvgIpc) is 2.73. The quantitative estimate of drug-likeness (QED) is 0.524. The van der Waals surface area contributed by atoms with Crippen LogP contribution in [0.15, 0.2) is 60.7 Å². The van der Waals surface area contributed by atoms with E-state index in [0.29, 0.717) is 11.8 Å². The molecular formula is C26H32CrO2. The van der Waals surface area contributed by atoms with Crippen molar-refractivity contribution >= 4 is 10.6 Å². The Hall–Kier alpha value is -1.66. The first-order chi connectivity index (χ1) is 13.9. The zero-order valence-electron chi connectivity index (χ0n) is 17.9. The number of ether oxygens (including phenoxy) is 2. The number of hydrogen-bond acceptors (Lipinski definition) is 2. The normalized spacial score (nSPS) is 22.6. The minimum atomic E-state index is 0.0754. The molecule has 0 aliphatic heterocycles. The molecule has 0 heterocycles. The van der Waals surface area contributed by atoms with Crippen molar-refractivity contribution in [2.45, 2.75) is 51.6 Å². The standard InChI is InChI=1S/C26H32O2.Cr/c1-20-12-17-24(26(2,3)22-10-6-5-7-11-22)25(19-20)28-18-8-9-21-13-15-23(27-4)16-14-21;/h5-11,13-16,20,24-25H,12,17,19H2,1-4H3;/b9-8+;/t20-,24-,25-;/m1./s1. The summed E-state index contributed by atoms with van der Waals surface area (Å²) in [6.45, 7) is 7.07. The Balaban J connectivity index is 1.71. The number of hydrogen-bond donors (Lipinski definition) is 0. The van der Waals surface area contributed by atoms with E-state index in [1.54, 1.807) is 7.11 Å². The van der Waals surface area contributed by atoms with E-state index in [4.69, 9.17) is 9.47 Å². The molecule has 0 bridgehead atoms. The summed E-state index contributed by atoms with van der Waals surface area (Å²) in [6.07, 6.45) is 7.89. The SMILES string of the molecule is COc1ccc(/C=C/[C](=[Cr])O[C@@H]2C[C@H](C)CC[C@H]2C(C)(C)c2ccccc2)cc1. The van der Waals surface area contributed by atoms with Gasteiger partial charge in [0.2, 0.25) is 0 Å². The van der Waals surface area contributed by atoms with Gasteiger partial charge in [-0.3, -0.25) is 0 Å². The molecule has 0 saturated heterocycles. The van der Waals surface area contributed by atoms with Gasteiger partial charge in [-0.2, -0.15) is 0 Å². The summed E-state index contributed by atoms with van der Waals surface area (Å²) in [5, 5.41) is 0. The van der Waals surface area contributed by atoms with Crippen molar-refractivity contribution < 1.29 is 25.3 Å². The molecule has 1 aliphatic carbocycles. The Morgan fingerprint density at radius 3 is 2.38 bits per heavy atom. The Morgan fingerprint density at radius 1 is 1.03 bits per heavy atom. The van der Waals surface area contributed by atoms with Crippen molar-refractivity contribution in [1.29, 1.82) is 0 Å². The molecule has 0 N–H and O–H groups in total. The first-order valence-corrected chi connectivity index (χ1v) is 11.1. The summed E-state index contributed by atoms with van der Waals surface area (Å²) in [6, 6.07) is 18.9. The molecule has 1 aliphatic rings. The third kappa shape index (κ3) is 5.70. The first kappa shape index (κ1) is 22.0. The van der Waals surface area contributed by atoms with Crippen molar-refractivity contribution in [2.24, 2.45) is 11.8 Å². The Morgan fingerprint density at radius 2 is 1.72 bits per heavy atom. The predicted molar refractivity (Wildman–Crippen MR) is 118 cm³/mol. The van der Waals surface area contributed by atoms with Gasteiger partial charge in [0.25, 0.3) is 0 Å².